The third-order valence-electron chi connectivity index (χ3n) is 4.74. The van der Waals surface area contributed by atoms with Crippen molar-refractivity contribution in [1.82, 2.24) is 4.90 Å². The van der Waals surface area contributed by atoms with E-state index in [1.165, 1.54) is 25.7 Å². The number of nitrogens with zero attached hydrogens (tertiary/aromatic N) is 1. The zero-order valence-electron chi connectivity index (χ0n) is 12.9. The van der Waals surface area contributed by atoms with Crippen molar-refractivity contribution in [3.63, 3.8) is 0 Å². The van der Waals surface area contributed by atoms with Gasteiger partial charge in [-0.05, 0) is 39.0 Å². The molecule has 2 saturated carbocycles. The van der Waals surface area contributed by atoms with E-state index < -0.39 is 11.7 Å². The molecule has 2 rings (SSSR count). The maximum absolute atomic E-state index is 12.3. The van der Waals surface area contributed by atoms with Crippen molar-refractivity contribution in [3.8, 4) is 0 Å². The first-order valence-electron chi connectivity index (χ1n) is 8.13. The molecule has 0 aromatic rings. The van der Waals surface area contributed by atoms with Gasteiger partial charge in [0.25, 0.3) is 5.91 Å². The second-order valence-corrected chi connectivity index (χ2v) is 6.66. The van der Waals surface area contributed by atoms with Gasteiger partial charge in [-0.25, -0.2) is 0 Å². The fourth-order valence-corrected chi connectivity index (χ4v) is 3.30. The van der Waals surface area contributed by atoms with Crippen molar-refractivity contribution in [2.45, 2.75) is 82.5 Å². The number of carbonyl (C=O) groups excluding carboxylic acids is 1. The van der Waals surface area contributed by atoms with Crippen molar-refractivity contribution < 1.29 is 14.6 Å². The minimum Gasteiger partial charge on any atom is -0.388 e. The van der Waals surface area contributed by atoms with E-state index >= 15 is 0 Å². The van der Waals surface area contributed by atoms with Crippen molar-refractivity contribution >= 4 is 5.91 Å². The van der Waals surface area contributed by atoms with Crippen molar-refractivity contribution in [2.24, 2.45) is 0 Å². The molecule has 4 nitrogen and oxygen atoms in total. The molecule has 0 aromatic heterocycles. The van der Waals surface area contributed by atoms with Crippen LogP contribution in [0.15, 0.2) is 0 Å². The van der Waals surface area contributed by atoms with E-state index in [4.69, 9.17) is 4.74 Å². The van der Waals surface area contributed by atoms with Gasteiger partial charge in [-0.3, -0.25) is 4.79 Å². The number of carbonyl (C=O) groups is 1. The fraction of sp³-hybridized carbons (Fsp3) is 0.938. The van der Waals surface area contributed by atoms with Crippen LogP contribution in [0.5, 0.6) is 0 Å². The molecule has 2 aliphatic carbocycles. The summed E-state index contributed by atoms with van der Waals surface area (Å²) in [6, 6.07) is 0. The molecule has 0 spiro atoms. The summed E-state index contributed by atoms with van der Waals surface area (Å²) in [6.07, 6.45) is 9.66. The lowest BCUT2D eigenvalue weighted by Gasteiger charge is -2.40. The molecule has 0 aromatic carbocycles. The molecule has 2 aliphatic rings. The Morgan fingerprint density at radius 1 is 1.25 bits per heavy atom. The quantitative estimate of drug-likeness (QED) is 0.789. The molecule has 0 bridgehead atoms. The van der Waals surface area contributed by atoms with E-state index in [-0.39, 0.29) is 12.0 Å². The standard InChI is InChI=1S/C16H29NO3/c1-13(20-14-8-5-3-4-6-9-14)15(18)17(2)12-16(19)10-7-11-16/h13-14,19H,3-12H2,1-2H3/t13-/m1/s1. The molecule has 4 heteroatoms. The Hall–Kier alpha value is -0.610. The minimum atomic E-state index is -0.646. The number of likely N-dealkylation sites (N-methyl/N-ethyl adjacent to an activating group) is 1. The summed E-state index contributed by atoms with van der Waals surface area (Å²) < 4.78 is 5.95. The SMILES string of the molecule is C[C@@H](OC1CCCCCC1)C(=O)N(C)CC1(O)CCC1. The highest BCUT2D eigenvalue weighted by molar-refractivity contribution is 5.80. The van der Waals surface area contributed by atoms with Crippen LogP contribution in [0.1, 0.15) is 64.7 Å². The van der Waals surface area contributed by atoms with E-state index in [2.05, 4.69) is 0 Å². The van der Waals surface area contributed by atoms with Gasteiger partial charge in [-0.15, -0.1) is 0 Å². The number of ether oxygens (including phenoxy) is 1. The van der Waals surface area contributed by atoms with Crippen molar-refractivity contribution in [2.75, 3.05) is 13.6 Å². The zero-order chi connectivity index (χ0) is 14.6. The second kappa shape index (κ2) is 6.90. The van der Waals surface area contributed by atoms with Crippen LogP contribution in [0.2, 0.25) is 0 Å². The van der Waals surface area contributed by atoms with E-state index in [1.54, 1.807) is 11.9 Å². The number of amides is 1. The maximum atomic E-state index is 12.3. The molecule has 116 valence electrons. The summed E-state index contributed by atoms with van der Waals surface area (Å²) >= 11 is 0. The molecular weight excluding hydrogens is 254 g/mol. The van der Waals surface area contributed by atoms with Gasteiger partial charge in [0.1, 0.15) is 6.10 Å². The van der Waals surface area contributed by atoms with Crippen molar-refractivity contribution in [3.05, 3.63) is 0 Å². The Balaban J connectivity index is 1.78. The van der Waals surface area contributed by atoms with Gasteiger partial charge in [0.2, 0.25) is 0 Å². The predicted molar refractivity (Wildman–Crippen MR) is 78.5 cm³/mol. The molecule has 0 aliphatic heterocycles. The molecule has 1 N–H and O–H groups in total. The third kappa shape index (κ3) is 4.19. The van der Waals surface area contributed by atoms with Crippen LogP contribution in [-0.4, -0.2) is 47.3 Å². The predicted octanol–water partition coefficient (Wildman–Crippen LogP) is 2.49. The molecule has 1 amide bonds. The summed E-state index contributed by atoms with van der Waals surface area (Å²) in [5.41, 5.74) is -0.646. The summed E-state index contributed by atoms with van der Waals surface area (Å²) in [7, 11) is 1.77. The normalized spacial score (nSPS) is 24.6. The van der Waals surface area contributed by atoms with Crippen LogP contribution < -0.4 is 0 Å². The van der Waals surface area contributed by atoms with E-state index in [1.807, 2.05) is 6.92 Å². The van der Waals surface area contributed by atoms with Crippen LogP contribution in [-0.2, 0) is 9.53 Å². The molecule has 0 unspecified atom stereocenters. The Labute approximate surface area is 122 Å². The van der Waals surface area contributed by atoms with Crippen LogP contribution in [0.25, 0.3) is 0 Å². The van der Waals surface area contributed by atoms with Crippen LogP contribution in [0.4, 0.5) is 0 Å². The highest BCUT2D eigenvalue weighted by Gasteiger charge is 2.37. The van der Waals surface area contributed by atoms with Gasteiger partial charge in [0.05, 0.1) is 11.7 Å². The Bertz CT molecular complexity index is 320. The first kappa shape index (κ1) is 15.8. The zero-order valence-corrected chi connectivity index (χ0v) is 12.9. The van der Waals surface area contributed by atoms with Gasteiger partial charge in [0.15, 0.2) is 0 Å². The number of rotatable bonds is 5. The second-order valence-electron chi connectivity index (χ2n) is 6.66. The Kier molecular flexibility index (Phi) is 5.44. The Morgan fingerprint density at radius 2 is 1.85 bits per heavy atom. The van der Waals surface area contributed by atoms with Crippen LogP contribution in [0, 0.1) is 0 Å². The number of hydrogen-bond acceptors (Lipinski definition) is 3. The molecule has 1 atom stereocenters. The minimum absolute atomic E-state index is 0.00503. The average Bonchev–Trinajstić information content (AvgIpc) is 2.64. The lowest BCUT2D eigenvalue weighted by atomic mass is 9.80. The lowest BCUT2D eigenvalue weighted by Crippen LogP contribution is -2.50. The van der Waals surface area contributed by atoms with E-state index in [0.717, 1.165) is 32.1 Å². The first-order chi connectivity index (χ1) is 9.50. The van der Waals surface area contributed by atoms with Gasteiger partial charge in [-0.1, -0.05) is 25.7 Å². The van der Waals surface area contributed by atoms with Gasteiger partial charge < -0.3 is 14.7 Å². The van der Waals surface area contributed by atoms with Gasteiger partial charge in [0, 0.05) is 13.6 Å². The third-order valence-corrected chi connectivity index (χ3v) is 4.74. The summed E-state index contributed by atoms with van der Waals surface area (Å²) in [4.78, 5) is 13.9. The maximum Gasteiger partial charge on any atom is 0.251 e. The lowest BCUT2D eigenvalue weighted by molar-refractivity contribution is -0.151. The monoisotopic (exact) mass is 283 g/mol. The van der Waals surface area contributed by atoms with Crippen LogP contribution in [0.3, 0.4) is 0 Å². The summed E-state index contributed by atoms with van der Waals surface area (Å²) in [5.74, 6) is -0.00503. The molecule has 2 fully saturated rings. The molecular formula is C16H29NO3. The summed E-state index contributed by atoms with van der Waals surface area (Å²) in [6.45, 7) is 2.28. The summed E-state index contributed by atoms with van der Waals surface area (Å²) in [5, 5.41) is 10.1. The molecule has 0 saturated heterocycles. The van der Waals surface area contributed by atoms with Gasteiger partial charge >= 0.3 is 0 Å². The smallest absolute Gasteiger partial charge is 0.251 e. The number of aliphatic hydroxyl groups is 1. The fourth-order valence-electron chi connectivity index (χ4n) is 3.30. The average molecular weight is 283 g/mol. The van der Waals surface area contributed by atoms with Crippen LogP contribution >= 0.6 is 0 Å². The van der Waals surface area contributed by atoms with E-state index in [0.29, 0.717) is 6.54 Å². The highest BCUT2D eigenvalue weighted by atomic mass is 16.5. The molecule has 0 radical (unpaired) electrons. The molecule has 20 heavy (non-hydrogen) atoms. The van der Waals surface area contributed by atoms with Crippen molar-refractivity contribution in [1.29, 1.82) is 0 Å². The number of hydrogen-bond donors (Lipinski definition) is 1. The first-order valence-corrected chi connectivity index (χ1v) is 8.13. The van der Waals surface area contributed by atoms with Gasteiger partial charge in [-0.2, -0.15) is 0 Å². The molecule has 0 heterocycles. The van der Waals surface area contributed by atoms with E-state index in [9.17, 15) is 9.90 Å². The Morgan fingerprint density at radius 3 is 2.35 bits per heavy atom. The topological polar surface area (TPSA) is 49.8 Å². The highest BCUT2D eigenvalue weighted by Crippen LogP contribution is 2.32. The largest absolute Gasteiger partial charge is 0.388 e.